The first-order valence-electron chi connectivity index (χ1n) is 3.44. The van der Waals surface area contributed by atoms with Gasteiger partial charge >= 0.3 is 0 Å². The summed E-state index contributed by atoms with van der Waals surface area (Å²) in [5.74, 6) is 4.99. The summed E-state index contributed by atoms with van der Waals surface area (Å²) < 4.78 is 5.13. The van der Waals surface area contributed by atoms with E-state index in [2.05, 4.69) is 11.8 Å². The van der Waals surface area contributed by atoms with Crippen LogP contribution in [0.3, 0.4) is 0 Å². The zero-order chi connectivity index (χ0) is 9.12. The molecule has 0 N–H and O–H groups in total. The molecule has 60 valence electrons. The summed E-state index contributed by atoms with van der Waals surface area (Å²) in [5, 5.41) is 0. The van der Waals surface area contributed by atoms with Gasteiger partial charge in [-0.15, -0.1) is 12.8 Å². The van der Waals surface area contributed by atoms with Gasteiger partial charge in [-0.05, 0) is 0 Å². The quantitative estimate of drug-likeness (QED) is 0.517. The molecule has 0 saturated heterocycles. The average molecular weight is 150 g/mol. The van der Waals surface area contributed by atoms with Crippen LogP contribution in [0.5, 0.6) is 0 Å². The summed E-state index contributed by atoms with van der Waals surface area (Å²) in [6, 6.07) is 0. The standard InChI is InChI=1S/C10H14O/c1-7-10(8-2,11-6)9(3,4)5/h1-2H,3-6H3. The van der Waals surface area contributed by atoms with Crippen molar-refractivity contribution in [3.8, 4) is 24.7 Å². The van der Waals surface area contributed by atoms with E-state index >= 15 is 0 Å². The maximum absolute atomic E-state index is 5.30. The van der Waals surface area contributed by atoms with Crippen LogP contribution in [-0.4, -0.2) is 12.7 Å². The summed E-state index contributed by atoms with van der Waals surface area (Å²) in [6.45, 7) is 5.86. The molecule has 11 heavy (non-hydrogen) atoms. The van der Waals surface area contributed by atoms with E-state index in [0.717, 1.165) is 0 Å². The summed E-state index contributed by atoms with van der Waals surface area (Å²) in [7, 11) is 1.53. The molecule has 0 amide bonds. The van der Waals surface area contributed by atoms with E-state index in [0.29, 0.717) is 0 Å². The molecular weight excluding hydrogens is 136 g/mol. The van der Waals surface area contributed by atoms with E-state index in [1.807, 2.05) is 20.8 Å². The maximum atomic E-state index is 5.30. The molecule has 0 saturated carbocycles. The molecule has 0 atom stereocenters. The van der Waals surface area contributed by atoms with E-state index < -0.39 is 5.60 Å². The molecule has 0 fully saturated rings. The molecular formula is C10H14O. The van der Waals surface area contributed by atoms with E-state index in [1.165, 1.54) is 7.11 Å². The SMILES string of the molecule is C#CC(C#C)(OC)C(C)(C)C. The lowest BCUT2D eigenvalue weighted by Crippen LogP contribution is -2.41. The Balaban J connectivity index is 4.94. The van der Waals surface area contributed by atoms with Crippen molar-refractivity contribution in [1.82, 2.24) is 0 Å². The molecule has 0 bridgehead atoms. The van der Waals surface area contributed by atoms with Crippen molar-refractivity contribution in [2.24, 2.45) is 5.41 Å². The van der Waals surface area contributed by atoms with Gasteiger partial charge in [0.15, 0.2) is 5.60 Å². The second-order valence-electron chi connectivity index (χ2n) is 3.42. The molecule has 0 aromatic heterocycles. The smallest absolute Gasteiger partial charge is 0.194 e. The lowest BCUT2D eigenvalue weighted by atomic mass is 9.77. The molecule has 0 unspecified atom stereocenters. The van der Waals surface area contributed by atoms with Crippen LogP contribution < -0.4 is 0 Å². The summed E-state index contributed by atoms with van der Waals surface area (Å²) in [5.41, 5.74) is -1.11. The average Bonchev–Trinajstić information content (AvgIpc) is 1.90. The van der Waals surface area contributed by atoms with Gasteiger partial charge in [-0.2, -0.15) is 0 Å². The largest absolute Gasteiger partial charge is 0.354 e. The van der Waals surface area contributed by atoms with Crippen LogP contribution in [0, 0.1) is 30.1 Å². The van der Waals surface area contributed by atoms with Crippen LogP contribution in [0.1, 0.15) is 20.8 Å². The number of ether oxygens (including phenoxy) is 1. The minimum Gasteiger partial charge on any atom is -0.354 e. The van der Waals surface area contributed by atoms with Crippen LogP contribution in [0.2, 0.25) is 0 Å². The van der Waals surface area contributed by atoms with E-state index in [1.54, 1.807) is 0 Å². The van der Waals surface area contributed by atoms with Gasteiger partial charge in [0, 0.05) is 12.5 Å². The van der Waals surface area contributed by atoms with Crippen LogP contribution >= 0.6 is 0 Å². The van der Waals surface area contributed by atoms with Gasteiger partial charge in [0.1, 0.15) is 0 Å². The van der Waals surface area contributed by atoms with Crippen LogP contribution in [0.25, 0.3) is 0 Å². The summed E-state index contributed by atoms with van der Waals surface area (Å²) in [6.07, 6.45) is 10.6. The summed E-state index contributed by atoms with van der Waals surface area (Å²) in [4.78, 5) is 0. The second kappa shape index (κ2) is 2.99. The third-order valence-electron chi connectivity index (χ3n) is 1.77. The topological polar surface area (TPSA) is 9.23 Å². The lowest BCUT2D eigenvalue weighted by molar-refractivity contribution is 0.00317. The van der Waals surface area contributed by atoms with Gasteiger partial charge in [-0.1, -0.05) is 32.6 Å². The molecule has 1 heteroatoms. The summed E-state index contributed by atoms with van der Waals surface area (Å²) >= 11 is 0. The van der Waals surface area contributed by atoms with Crippen molar-refractivity contribution in [3.63, 3.8) is 0 Å². The van der Waals surface area contributed by atoms with E-state index in [4.69, 9.17) is 17.6 Å². The van der Waals surface area contributed by atoms with E-state index in [-0.39, 0.29) is 5.41 Å². The van der Waals surface area contributed by atoms with Crippen molar-refractivity contribution in [2.75, 3.05) is 7.11 Å². The first-order valence-corrected chi connectivity index (χ1v) is 3.44. The van der Waals surface area contributed by atoms with E-state index in [9.17, 15) is 0 Å². The van der Waals surface area contributed by atoms with Crippen molar-refractivity contribution in [1.29, 1.82) is 0 Å². The Hall–Kier alpha value is -0.920. The molecule has 0 aromatic carbocycles. The number of hydrogen-bond donors (Lipinski definition) is 0. The monoisotopic (exact) mass is 150 g/mol. The van der Waals surface area contributed by atoms with Gasteiger partial charge in [-0.25, -0.2) is 0 Å². The van der Waals surface area contributed by atoms with Gasteiger partial charge < -0.3 is 4.74 Å². The highest BCUT2D eigenvalue weighted by Crippen LogP contribution is 2.31. The molecule has 0 aromatic rings. The van der Waals surface area contributed by atoms with Crippen molar-refractivity contribution < 1.29 is 4.74 Å². The molecule has 0 spiro atoms. The molecule has 0 radical (unpaired) electrons. The fourth-order valence-electron chi connectivity index (χ4n) is 0.899. The molecule has 0 aliphatic rings. The van der Waals surface area contributed by atoms with Gasteiger partial charge in [0.05, 0.1) is 0 Å². The minimum absolute atomic E-state index is 0.231. The first kappa shape index (κ1) is 10.1. The van der Waals surface area contributed by atoms with Crippen LogP contribution in [0.15, 0.2) is 0 Å². The third-order valence-corrected chi connectivity index (χ3v) is 1.77. The lowest BCUT2D eigenvalue weighted by Gasteiger charge is -2.34. The predicted octanol–water partition coefficient (Wildman–Crippen LogP) is 1.68. The highest BCUT2D eigenvalue weighted by molar-refractivity contribution is 5.29. The Morgan fingerprint density at radius 1 is 1.09 bits per heavy atom. The van der Waals surface area contributed by atoms with Crippen molar-refractivity contribution >= 4 is 0 Å². The maximum Gasteiger partial charge on any atom is 0.194 e. The van der Waals surface area contributed by atoms with Gasteiger partial charge in [-0.3, -0.25) is 0 Å². The van der Waals surface area contributed by atoms with Gasteiger partial charge in [0.25, 0.3) is 0 Å². The fraction of sp³-hybridized carbons (Fsp3) is 0.600. The molecule has 0 heterocycles. The predicted molar refractivity (Wildman–Crippen MR) is 46.9 cm³/mol. The highest BCUT2D eigenvalue weighted by atomic mass is 16.5. The Kier molecular flexibility index (Phi) is 2.74. The number of terminal acetylenes is 2. The Labute approximate surface area is 69.1 Å². The number of methoxy groups -OCH3 is 1. The van der Waals surface area contributed by atoms with Crippen LogP contribution in [0.4, 0.5) is 0 Å². The highest BCUT2D eigenvalue weighted by Gasteiger charge is 2.38. The van der Waals surface area contributed by atoms with Crippen LogP contribution in [-0.2, 0) is 4.74 Å². The minimum atomic E-state index is -0.882. The first-order chi connectivity index (χ1) is 4.93. The second-order valence-corrected chi connectivity index (χ2v) is 3.42. The van der Waals surface area contributed by atoms with Crippen molar-refractivity contribution in [2.45, 2.75) is 26.4 Å². The zero-order valence-corrected chi connectivity index (χ0v) is 7.56. The molecule has 0 aliphatic heterocycles. The fourth-order valence-corrected chi connectivity index (χ4v) is 0.899. The molecule has 0 aliphatic carbocycles. The molecule has 1 nitrogen and oxygen atoms in total. The Bertz CT molecular complexity index is 192. The number of rotatable bonds is 1. The zero-order valence-electron chi connectivity index (χ0n) is 7.56. The Morgan fingerprint density at radius 2 is 1.45 bits per heavy atom. The van der Waals surface area contributed by atoms with Crippen molar-refractivity contribution in [3.05, 3.63) is 0 Å². The Morgan fingerprint density at radius 3 is 1.45 bits per heavy atom. The normalized spacial score (nSPS) is 11.8. The molecule has 0 rings (SSSR count). The van der Waals surface area contributed by atoms with Gasteiger partial charge in [0.2, 0.25) is 0 Å². The third kappa shape index (κ3) is 1.56. The number of hydrogen-bond acceptors (Lipinski definition) is 1.